The summed E-state index contributed by atoms with van der Waals surface area (Å²) in [6.07, 6.45) is 2.95. The van der Waals surface area contributed by atoms with Gasteiger partial charge in [0.2, 0.25) is 5.76 Å². The lowest BCUT2D eigenvalue weighted by atomic mass is 10.3. The van der Waals surface area contributed by atoms with E-state index in [0.717, 1.165) is 11.6 Å². The Morgan fingerprint density at radius 3 is 2.55 bits per heavy atom. The summed E-state index contributed by atoms with van der Waals surface area (Å²) in [7, 11) is -3.92. The third kappa shape index (κ3) is 2.80. The van der Waals surface area contributed by atoms with Crippen molar-refractivity contribution in [2.24, 2.45) is 0 Å². The van der Waals surface area contributed by atoms with Crippen molar-refractivity contribution in [1.29, 1.82) is 0 Å². The third-order valence-corrected chi connectivity index (χ3v) is 3.99. The second kappa shape index (κ2) is 4.97. The number of rotatable bonds is 4. The number of hydrogen-bond acceptors (Lipinski definition) is 5. The molecule has 0 bridgehead atoms. The second-order valence-corrected chi connectivity index (χ2v) is 5.84. The van der Waals surface area contributed by atoms with Crippen LogP contribution in [0.3, 0.4) is 0 Å². The molecular weight excluding hydrogens is 284 g/mol. The van der Waals surface area contributed by atoms with Gasteiger partial charge in [0.15, 0.2) is 0 Å². The molecule has 0 fully saturated rings. The van der Waals surface area contributed by atoms with Crippen LogP contribution in [0.4, 0.5) is 5.69 Å². The zero-order chi connectivity index (χ0) is 14.9. The zero-order valence-corrected chi connectivity index (χ0v) is 11.6. The first kappa shape index (κ1) is 14.1. The summed E-state index contributed by atoms with van der Waals surface area (Å²) in [5.41, 5.74) is 1.09. The van der Waals surface area contributed by atoms with Crippen molar-refractivity contribution in [3.05, 3.63) is 41.6 Å². The van der Waals surface area contributed by atoms with Crippen LogP contribution in [0.25, 0.3) is 0 Å². The monoisotopic (exact) mass is 296 g/mol. The van der Waals surface area contributed by atoms with E-state index in [4.69, 9.17) is 9.52 Å². The molecule has 0 aromatic carbocycles. The van der Waals surface area contributed by atoms with Gasteiger partial charge in [-0.25, -0.2) is 13.2 Å². The van der Waals surface area contributed by atoms with Gasteiger partial charge in [0, 0.05) is 12.3 Å². The maximum Gasteiger partial charge on any atom is 0.371 e. The quantitative estimate of drug-likeness (QED) is 0.890. The predicted octanol–water partition coefficient (Wildman–Crippen LogP) is 1.79. The van der Waals surface area contributed by atoms with E-state index in [1.165, 1.54) is 13.1 Å². The van der Waals surface area contributed by atoms with Gasteiger partial charge in [0.25, 0.3) is 10.0 Å². The molecule has 0 unspecified atom stereocenters. The number of anilines is 1. The van der Waals surface area contributed by atoms with E-state index in [0.29, 0.717) is 5.69 Å². The average molecular weight is 296 g/mol. The molecule has 106 valence electrons. The highest BCUT2D eigenvalue weighted by Crippen LogP contribution is 2.22. The summed E-state index contributed by atoms with van der Waals surface area (Å²) >= 11 is 0. The van der Waals surface area contributed by atoms with Crippen molar-refractivity contribution in [3.63, 3.8) is 0 Å². The number of sulfonamides is 1. The molecule has 0 atom stereocenters. The molecule has 2 heterocycles. The van der Waals surface area contributed by atoms with Gasteiger partial charge in [-0.05, 0) is 25.5 Å². The van der Waals surface area contributed by atoms with Crippen LogP contribution in [0.2, 0.25) is 0 Å². The molecular formula is C12H12N2O5S. The molecule has 7 nitrogen and oxygen atoms in total. The predicted molar refractivity (Wildman–Crippen MR) is 70.2 cm³/mol. The molecule has 8 heteroatoms. The number of aromatic carboxylic acids is 1. The van der Waals surface area contributed by atoms with E-state index < -0.39 is 21.8 Å². The van der Waals surface area contributed by atoms with Gasteiger partial charge >= 0.3 is 5.97 Å². The first-order valence-electron chi connectivity index (χ1n) is 5.58. The number of nitrogens with zero attached hydrogens (tertiary/aromatic N) is 1. The van der Waals surface area contributed by atoms with Gasteiger partial charge in [-0.3, -0.25) is 9.71 Å². The average Bonchev–Trinajstić information content (AvgIpc) is 2.71. The van der Waals surface area contributed by atoms with E-state index in [1.54, 1.807) is 19.2 Å². The van der Waals surface area contributed by atoms with Crippen molar-refractivity contribution >= 4 is 21.7 Å². The zero-order valence-electron chi connectivity index (χ0n) is 10.7. The standard InChI is InChI=1S/C12H12N2O5S/c1-7-3-9(6-13-5-7)14-20(17,18)11-4-10(12(15)16)19-8(11)2/h3-6,14H,1-2H3,(H,15,16). The number of carboxylic acid groups (broad SMARTS) is 1. The number of nitrogens with one attached hydrogen (secondary N) is 1. The van der Waals surface area contributed by atoms with E-state index in [-0.39, 0.29) is 10.7 Å². The maximum atomic E-state index is 12.2. The van der Waals surface area contributed by atoms with Crippen molar-refractivity contribution in [3.8, 4) is 0 Å². The summed E-state index contributed by atoms with van der Waals surface area (Å²) in [5.74, 6) is -1.74. The maximum absolute atomic E-state index is 12.2. The van der Waals surface area contributed by atoms with Crippen LogP contribution < -0.4 is 4.72 Å². The first-order valence-corrected chi connectivity index (χ1v) is 7.06. The van der Waals surface area contributed by atoms with Crippen molar-refractivity contribution in [2.45, 2.75) is 18.7 Å². The summed E-state index contributed by atoms with van der Waals surface area (Å²) in [6.45, 7) is 3.16. The molecule has 0 aliphatic carbocycles. The van der Waals surface area contributed by atoms with E-state index >= 15 is 0 Å². The number of aryl methyl sites for hydroxylation is 2. The molecule has 2 N–H and O–H groups in total. The highest BCUT2D eigenvalue weighted by Gasteiger charge is 2.24. The molecule has 0 saturated carbocycles. The molecule has 2 aromatic heterocycles. The third-order valence-electron chi connectivity index (χ3n) is 2.50. The Balaban J connectivity index is 2.38. The Kier molecular flexibility index (Phi) is 3.49. The minimum absolute atomic E-state index is 0.00973. The molecule has 20 heavy (non-hydrogen) atoms. The van der Waals surface area contributed by atoms with Gasteiger partial charge < -0.3 is 9.52 Å². The largest absolute Gasteiger partial charge is 0.475 e. The Labute approximate surface area is 115 Å². The molecule has 0 aliphatic rings. The van der Waals surface area contributed by atoms with E-state index in [2.05, 4.69) is 9.71 Å². The lowest BCUT2D eigenvalue weighted by Gasteiger charge is -2.06. The highest BCUT2D eigenvalue weighted by atomic mass is 32.2. The van der Waals surface area contributed by atoms with Crippen molar-refractivity contribution < 1.29 is 22.7 Å². The van der Waals surface area contributed by atoms with Crippen molar-refractivity contribution in [1.82, 2.24) is 4.98 Å². The fourth-order valence-electron chi connectivity index (χ4n) is 1.66. The SMILES string of the molecule is Cc1cncc(NS(=O)(=O)c2cc(C(=O)O)oc2C)c1. The molecule has 0 aliphatic heterocycles. The summed E-state index contributed by atoms with van der Waals surface area (Å²) in [4.78, 5) is 14.4. The lowest BCUT2D eigenvalue weighted by Crippen LogP contribution is -2.13. The summed E-state index contributed by atoms with van der Waals surface area (Å²) < 4.78 is 31.6. The normalized spacial score (nSPS) is 11.3. The van der Waals surface area contributed by atoms with Crippen LogP contribution in [-0.4, -0.2) is 24.5 Å². The minimum atomic E-state index is -3.92. The topological polar surface area (TPSA) is 110 Å². The Bertz CT molecular complexity index is 764. The van der Waals surface area contributed by atoms with Crippen molar-refractivity contribution in [2.75, 3.05) is 4.72 Å². The highest BCUT2D eigenvalue weighted by molar-refractivity contribution is 7.92. The molecule has 2 rings (SSSR count). The molecule has 0 radical (unpaired) electrons. The fraction of sp³-hybridized carbons (Fsp3) is 0.167. The number of furan rings is 1. The van der Waals surface area contributed by atoms with E-state index in [1.807, 2.05) is 0 Å². The van der Waals surface area contributed by atoms with Crippen LogP contribution in [0.5, 0.6) is 0 Å². The van der Waals surface area contributed by atoms with Gasteiger partial charge in [0.1, 0.15) is 10.7 Å². The molecule has 0 spiro atoms. The Morgan fingerprint density at radius 2 is 2.00 bits per heavy atom. The van der Waals surface area contributed by atoms with Crippen LogP contribution in [0.15, 0.2) is 33.8 Å². The molecule has 0 saturated heterocycles. The molecule has 0 amide bonds. The fourth-order valence-corrected chi connectivity index (χ4v) is 2.87. The molecule has 2 aromatic rings. The van der Waals surface area contributed by atoms with Crippen LogP contribution in [0.1, 0.15) is 21.9 Å². The minimum Gasteiger partial charge on any atom is -0.475 e. The van der Waals surface area contributed by atoms with Gasteiger partial charge in [-0.15, -0.1) is 0 Å². The summed E-state index contributed by atoms with van der Waals surface area (Å²) in [5, 5.41) is 8.80. The van der Waals surface area contributed by atoms with Crippen LogP contribution in [-0.2, 0) is 10.0 Å². The van der Waals surface area contributed by atoms with Gasteiger partial charge in [-0.1, -0.05) is 0 Å². The second-order valence-electron chi connectivity index (χ2n) is 4.19. The lowest BCUT2D eigenvalue weighted by molar-refractivity contribution is 0.0661. The first-order chi connectivity index (χ1) is 9.29. The van der Waals surface area contributed by atoms with Crippen LogP contribution >= 0.6 is 0 Å². The smallest absolute Gasteiger partial charge is 0.371 e. The Morgan fingerprint density at radius 1 is 1.30 bits per heavy atom. The summed E-state index contributed by atoms with van der Waals surface area (Å²) in [6, 6.07) is 2.58. The Hall–Kier alpha value is -2.35. The number of aromatic nitrogens is 1. The number of carbonyl (C=O) groups is 1. The van der Waals surface area contributed by atoms with Gasteiger partial charge in [-0.2, -0.15) is 0 Å². The van der Waals surface area contributed by atoms with Crippen LogP contribution in [0, 0.1) is 13.8 Å². The van der Waals surface area contributed by atoms with E-state index in [9.17, 15) is 13.2 Å². The number of pyridine rings is 1. The van der Waals surface area contributed by atoms with Gasteiger partial charge in [0.05, 0.1) is 11.9 Å². The number of carboxylic acids is 1. The number of hydrogen-bond donors (Lipinski definition) is 2.